The zero-order valence-corrected chi connectivity index (χ0v) is 11.6. The van der Waals surface area contributed by atoms with E-state index in [2.05, 4.69) is 24.2 Å². The highest BCUT2D eigenvalue weighted by molar-refractivity contribution is 4.91. The molecule has 2 bridgehead atoms. The molecule has 2 rings (SSSR count). The van der Waals surface area contributed by atoms with Crippen LogP contribution in [0.3, 0.4) is 0 Å². The number of hydroxylamine groups is 2. The lowest BCUT2D eigenvalue weighted by Crippen LogP contribution is -2.39. The van der Waals surface area contributed by atoms with Gasteiger partial charge in [-0.2, -0.15) is 5.06 Å². The van der Waals surface area contributed by atoms with Crippen LogP contribution in [-0.2, 0) is 4.84 Å². The number of hydrogen-bond donors (Lipinski definition) is 1. The van der Waals surface area contributed by atoms with Crippen LogP contribution in [0.5, 0.6) is 0 Å². The Morgan fingerprint density at radius 1 is 1.24 bits per heavy atom. The van der Waals surface area contributed by atoms with E-state index in [0.717, 1.165) is 31.1 Å². The molecule has 0 aromatic heterocycles. The highest BCUT2D eigenvalue weighted by atomic mass is 16.7. The minimum Gasteiger partial charge on any atom is -0.311 e. The van der Waals surface area contributed by atoms with E-state index in [9.17, 15) is 0 Å². The van der Waals surface area contributed by atoms with Crippen LogP contribution in [0, 0.1) is 11.8 Å². The number of nitrogens with one attached hydrogen (secondary N) is 1. The summed E-state index contributed by atoms with van der Waals surface area (Å²) in [6.45, 7) is 6.64. The summed E-state index contributed by atoms with van der Waals surface area (Å²) >= 11 is 0. The van der Waals surface area contributed by atoms with Crippen LogP contribution in [-0.4, -0.2) is 37.3 Å². The van der Waals surface area contributed by atoms with Crippen molar-refractivity contribution in [2.75, 3.05) is 20.2 Å². The van der Waals surface area contributed by atoms with Crippen LogP contribution in [0.2, 0.25) is 0 Å². The number of fused-ring (bicyclic) bond motifs is 2. The molecule has 0 radical (unpaired) electrons. The number of rotatable bonds is 6. The van der Waals surface area contributed by atoms with Crippen molar-refractivity contribution >= 4 is 0 Å². The fraction of sp³-hybridized carbons (Fsp3) is 1.00. The molecule has 1 N–H and O–H groups in total. The van der Waals surface area contributed by atoms with Crippen molar-refractivity contribution in [1.82, 2.24) is 10.4 Å². The third kappa shape index (κ3) is 3.94. The Kier molecular flexibility index (Phi) is 4.83. The molecule has 100 valence electrons. The Morgan fingerprint density at radius 3 is 2.41 bits per heavy atom. The van der Waals surface area contributed by atoms with Crippen LogP contribution < -0.4 is 5.32 Å². The lowest BCUT2D eigenvalue weighted by Gasteiger charge is -2.31. The highest BCUT2D eigenvalue weighted by Gasteiger charge is 2.33. The molecule has 2 aliphatic heterocycles. The maximum Gasteiger partial charge on any atom is 0.0575 e. The first-order chi connectivity index (χ1) is 8.17. The van der Waals surface area contributed by atoms with E-state index in [0.29, 0.717) is 5.92 Å². The van der Waals surface area contributed by atoms with E-state index >= 15 is 0 Å². The Hall–Kier alpha value is -0.120. The van der Waals surface area contributed by atoms with Crippen molar-refractivity contribution in [2.45, 2.75) is 58.0 Å². The summed E-state index contributed by atoms with van der Waals surface area (Å²) in [7, 11) is 1.80. The van der Waals surface area contributed by atoms with Gasteiger partial charge >= 0.3 is 0 Å². The molecule has 17 heavy (non-hydrogen) atoms. The van der Waals surface area contributed by atoms with Crippen LogP contribution in [0.1, 0.15) is 46.0 Å². The molecule has 0 spiro atoms. The van der Waals surface area contributed by atoms with Gasteiger partial charge in [-0.1, -0.05) is 13.8 Å². The molecule has 0 amide bonds. The number of hydrogen-bond acceptors (Lipinski definition) is 3. The molecule has 2 fully saturated rings. The van der Waals surface area contributed by atoms with Crippen molar-refractivity contribution in [3.63, 3.8) is 0 Å². The molecule has 0 aromatic rings. The van der Waals surface area contributed by atoms with Crippen molar-refractivity contribution in [3.8, 4) is 0 Å². The summed E-state index contributed by atoms with van der Waals surface area (Å²) in [4.78, 5) is 5.44. The van der Waals surface area contributed by atoms with Gasteiger partial charge in [0.05, 0.1) is 7.11 Å². The molecule has 2 saturated heterocycles. The van der Waals surface area contributed by atoms with E-state index in [-0.39, 0.29) is 0 Å². The van der Waals surface area contributed by atoms with E-state index in [1.807, 2.05) is 0 Å². The van der Waals surface area contributed by atoms with Gasteiger partial charge in [0.1, 0.15) is 0 Å². The summed E-state index contributed by atoms with van der Waals surface area (Å²) in [6, 6.07) is 1.64. The molecule has 0 saturated carbocycles. The van der Waals surface area contributed by atoms with Gasteiger partial charge in [-0.25, -0.2) is 0 Å². The Bertz CT molecular complexity index is 220. The molecule has 2 atom stereocenters. The normalized spacial score (nSPS) is 32.6. The van der Waals surface area contributed by atoms with E-state index < -0.39 is 0 Å². The predicted octanol–water partition coefficient (Wildman–Crippen LogP) is 2.43. The summed E-state index contributed by atoms with van der Waals surface area (Å²) < 4.78 is 0. The number of piperidine rings is 1. The van der Waals surface area contributed by atoms with Gasteiger partial charge in [-0.15, -0.1) is 0 Å². The van der Waals surface area contributed by atoms with E-state index in [4.69, 9.17) is 4.84 Å². The third-order valence-corrected chi connectivity index (χ3v) is 4.18. The van der Waals surface area contributed by atoms with Gasteiger partial charge in [-0.3, -0.25) is 0 Å². The molecule has 2 unspecified atom stereocenters. The van der Waals surface area contributed by atoms with Gasteiger partial charge in [0, 0.05) is 25.2 Å². The summed E-state index contributed by atoms with van der Waals surface area (Å²) in [5.41, 5.74) is 0. The first-order valence-corrected chi connectivity index (χ1v) is 7.22. The second kappa shape index (κ2) is 6.17. The molecule has 2 heterocycles. The first-order valence-electron chi connectivity index (χ1n) is 7.22. The van der Waals surface area contributed by atoms with Gasteiger partial charge in [0.25, 0.3) is 0 Å². The molecule has 3 nitrogen and oxygen atoms in total. The van der Waals surface area contributed by atoms with Crippen LogP contribution in [0.4, 0.5) is 0 Å². The maximum absolute atomic E-state index is 5.44. The lowest BCUT2D eigenvalue weighted by molar-refractivity contribution is -0.140. The summed E-state index contributed by atoms with van der Waals surface area (Å²) in [5, 5.41) is 5.84. The number of nitrogens with zero attached hydrogens (tertiary/aromatic N) is 1. The fourth-order valence-corrected chi connectivity index (χ4v) is 3.40. The smallest absolute Gasteiger partial charge is 0.0575 e. The molecular formula is C14H28N2O. The van der Waals surface area contributed by atoms with Gasteiger partial charge in [0.15, 0.2) is 0 Å². The molecular weight excluding hydrogens is 212 g/mol. The minimum absolute atomic E-state index is 0.680. The van der Waals surface area contributed by atoms with Gasteiger partial charge in [0.2, 0.25) is 0 Å². The van der Waals surface area contributed by atoms with Crippen LogP contribution >= 0.6 is 0 Å². The summed E-state index contributed by atoms with van der Waals surface area (Å²) in [6.07, 6.45) is 6.88. The quantitative estimate of drug-likeness (QED) is 0.722. The monoisotopic (exact) mass is 240 g/mol. The molecule has 0 aliphatic carbocycles. The average molecular weight is 240 g/mol. The molecule has 0 aromatic carbocycles. The van der Waals surface area contributed by atoms with Crippen molar-refractivity contribution in [2.24, 2.45) is 11.8 Å². The van der Waals surface area contributed by atoms with Crippen molar-refractivity contribution < 1.29 is 4.84 Å². The Labute approximate surface area is 106 Å². The fourth-order valence-electron chi connectivity index (χ4n) is 3.40. The second-order valence-corrected chi connectivity index (χ2v) is 6.23. The minimum atomic E-state index is 0.680. The zero-order chi connectivity index (χ0) is 12.3. The first kappa shape index (κ1) is 13.3. The highest BCUT2D eigenvalue weighted by Crippen LogP contribution is 2.32. The maximum atomic E-state index is 5.44. The van der Waals surface area contributed by atoms with Crippen molar-refractivity contribution in [1.29, 1.82) is 0 Å². The standard InChI is InChI=1S/C14H28N2O/c1-11(2)10-16(17-3)7-6-12-8-13-4-5-14(9-12)15-13/h11-15H,4-10H2,1-3H3. The Morgan fingerprint density at radius 2 is 1.88 bits per heavy atom. The molecule has 2 aliphatic rings. The molecule has 3 heteroatoms. The van der Waals surface area contributed by atoms with Gasteiger partial charge < -0.3 is 10.2 Å². The SMILES string of the molecule is CON(CCC1CC2CCC(C1)N2)CC(C)C. The predicted molar refractivity (Wildman–Crippen MR) is 70.7 cm³/mol. The topological polar surface area (TPSA) is 24.5 Å². The van der Waals surface area contributed by atoms with E-state index in [1.165, 1.54) is 32.1 Å². The van der Waals surface area contributed by atoms with E-state index in [1.54, 1.807) is 7.11 Å². The lowest BCUT2D eigenvalue weighted by atomic mass is 9.89. The zero-order valence-electron chi connectivity index (χ0n) is 11.6. The van der Waals surface area contributed by atoms with Crippen LogP contribution in [0.25, 0.3) is 0 Å². The second-order valence-electron chi connectivity index (χ2n) is 6.23. The largest absolute Gasteiger partial charge is 0.311 e. The summed E-state index contributed by atoms with van der Waals surface area (Å²) in [5.74, 6) is 1.60. The average Bonchev–Trinajstić information content (AvgIpc) is 2.63. The van der Waals surface area contributed by atoms with Crippen molar-refractivity contribution in [3.05, 3.63) is 0 Å². The third-order valence-electron chi connectivity index (χ3n) is 4.18. The van der Waals surface area contributed by atoms with Crippen LogP contribution in [0.15, 0.2) is 0 Å². The van der Waals surface area contributed by atoms with Gasteiger partial charge in [-0.05, 0) is 43.9 Å². The Balaban J connectivity index is 1.70.